The number of hydrogen-bond acceptors (Lipinski definition) is 4. The van der Waals surface area contributed by atoms with Crippen LogP contribution in [0.5, 0.6) is 0 Å². The summed E-state index contributed by atoms with van der Waals surface area (Å²) in [4.78, 5) is 12.2. The molecule has 26 heavy (non-hydrogen) atoms. The highest BCUT2D eigenvalue weighted by Crippen LogP contribution is 2.19. The summed E-state index contributed by atoms with van der Waals surface area (Å²) in [5.74, 6) is -1.02. The van der Waals surface area contributed by atoms with E-state index in [2.05, 4.69) is 15.4 Å². The number of benzene rings is 2. The van der Waals surface area contributed by atoms with Crippen LogP contribution in [0.25, 0.3) is 0 Å². The lowest BCUT2D eigenvalue weighted by Crippen LogP contribution is -2.37. The van der Waals surface area contributed by atoms with E-state index >= 15 is 0 Å². The average Bonchev–Trinajstić information content (AvgIpc) is 3.15. The van der Waals surface area contributed by atoms with E-state index in [9.17, 15) is 17.6 Å². The molecule has 0 bridgehead atoms. The average molecular weight is 377 g/mol. The Morgan fingerprint density at radius 1 is 1.19 bits per heavy atom. The molecule has 3 rings (SSSR count). The van der Waals surface area contributed by atoms with Crippen LogP contribution in [0.2, 0.25) is 0 Å². The third kappa shape index (κ3) is 4.39. The van der Waals surface area contributed by atoms with Gasteiger partial charge in [-0.1, -0.05) is 18.2 Å². The second-order valence-corrected chi connectivity index (χ2v) is 7.80. The highest BCUT2D eigenvalue weighted by atomic mass is 32.2. The number of amides is 1. The number of nitrogens with one attached hydrogen (secondary N) is 3. The van der Waals surface area contributed by atoms with Crippen LogP contribution < -0.4 is 15.4 Å². The van der Waals surface area contributed by atoms with Gasteiger partial charge in [0.25, 0.3) is 15.9 Å². The summed E-state index contributed by atoms with van der Waals surface area (Å²) in [5, 5.41) is 6.08. The molecule has 6 nitrogen and oxygen atoms in total. The number of rotatable bonds is 6. The summed E-state index contributed by atoms with van der Waals surface area (Å²) >= 11 is 0. The minimum absolute atomic E-state index is 0.104. The molecular weight excluding hydrogens is 357 g/mol. The second kappa shape index (κ2) is 7.84. The predicted octanol–water partition coefficient (Wildman–Crippen LogP) is 2.11. The molecule has 138 valence electrons. The molecule has 2 aromatic carbocycles. The Balaban J connectivity index is 1.73. The van der Waals surface area contributed by atoms with Crippen LogP contribution in [-0.2, 0) is 10.0 Å². The molecule has 0 radical (unpaired) electrons. The fraction of sp³-hybridized carbons (Fsp3) is 0.278. The van der Waals surface area contributed by atoms with Crippen molar-refractivity contribution in [3.8, 4) is 0 Å². The Labute approximate surface area is 151 Å². The van der Waals surface area contributed by atoms with E-state index in [1.54, 1.807) is 6.07 Å². The van der Waals surface area contributed by atoms with E-state index < -0.39 is 15.8 Å². The van der Waals surface area contributed by atoms with Crippen molar-refractivity contribution < 1.29 is 17.6 Å². The number of anilines is 1. The highest BCUT2D eigenvalue weighted by molar-refractivity contribution is 7.92. The number of carbonyl (C=O) groups excluding carboxylic acids is 1. The summed E-state index contributed by atoms with van der Waals surface area (Å²) in [5.41, 5.74) is 0.0917. The molecule has 1 fully saturated rings. The van der Waals surface area contributed by atoms with E-state index in [-0.39, 0.29) is 28.1 Å². The zero-order valence-corrected chi connectivity index (χ0v) is 14.9. The van der Waals surface area contributed by atoms with Crippen molar-refractivity contribution in [3.05, 3.63) is 59.9 Å². The molecule has 3 N–H and O–H groups in total. The molecule has 1 aliphatic heterocycles. The van der Waals surface area contributed by atoms with Gasteiger partial charge in [-0.2, -0.15) is 0 Å². The van der Waals surface area contributed by atoms with E-state index in [0.717, 1.165) is 19.4 Å². The van der Waals surface area contributed by atoms with Gasteiger partial charge in [0.15, 0.2) is 0 Å². The first-order valence-corrected chi connectivity index (χ1v) is 9.83. The van der Waals surface area contributed by atoms with Crippen molar-refractivity contribution in [2.75, 3.05) is 17.8 Å². The van der Waals surface area contributed by atoms with Gasteiger partial charge in [0.1, 0.15) is 5.82 Å². The van der Waals surface area contributed by atoms with E-state index in [0.29, 0.717) is 6.54 Å². The molecule has 1 heterocycles. The van der Waals surface area contributed by atoms with Crippen molar-refractivity contribution in [2.45, 2.75) is 23.8 Å². The molecule has 0 spiro atoms. The van der Waals surface area contributed by atoms with Gasteiger partial charge in [0.05, 0.1) is 10.6 Å². The van der Waals surface area contributed by atoms with Gasteiger partial charge in [0.2, 0.25) is 0 Å². The fourth-order valence-corrected chi connectivity index (χ4v) is 3.91. The van der Waals surface area contributed by atoms with Crippen LogP contribution in [0.4, 0.5) is 10.1 Å². The Morgan fingerprint density at radius 2 is 2.00 bits per heavy atom. The maximum atomic E-state index is 13.7. The lowest BCUT2D eigenvalue weighted by atomic mass is 10.2. The van der Waals surface area contributed by atoms with Crippen LogP contribution >= 0.6 is 0 Å². The summed E-state index contributed by atoms with van der Waals surface area (Å²) in [7, 11) is -4.00. The molecule has 1 saturated heterocycles. The number of carbonyl (C=O) groups is 1. The minimum atomic E-state index is -4.00. The Bertz CT molecular complexity index is 896. The molecular formula is C18H20FN3O3S. The number of sulfonamides is 1. The van der Waals surface area contributed by atoms with Crippen molar-refractivity contribution in [1.29, 1.82) is 0 Å². The number of hydrogen-bond donors (Lipinski definition) is 3. The van der Waals surface area contributed by atoms with Crippen molar-refractivity contribution in [3.63, 3.8) is 0 Å². The van der Waals surface area contributed by atoms with Gasteiger partial charge in [0, 0.05) is 18.2 Å². The molecule has 1 unspecified atom stereocenters. The lowest BCUT2D eigenvalue weighted by molar-refractivity contribution is 0.0950. The maximum absolute atomic E-state index is 13.7. The maximum Gasteiger partial charge on any atom is 0.262 e. The first-order valence-electron chi connectivity index (χ1n) is 8.35. The largest absolute Gasteiger partial charge is 0.350 e. The first kappa shape index (κ1) is 18.3. The van der Waals surface area contributed by atoms with Gasteiger partial charge in [-0.15, -0.1) is 0 Å². The Hall–Kier alpha value is -2.45. The normalized spacial score (nSPS) is 17.0. The third-order valence-electron chi connectivity index (χ3n) is 4.20. The van der Waals surface area contributed by atoms with Gasteiger partial charge >= 0.3 is 0 Å². The predicted molar refractivity (Wildman–Crippen MR) is 97.0 cm³/mol. The molecule has 1 atom stereocenters. The van der Waals surface area contributed by atoms with Crippen molar-refractivity contribution in [1.82, 2.24) is 10.6 Å². The lowest BCUT2D eigenvalue weighted by Gasteiger charge is -2.12. The zero-order chi connectivity index (χ0) is 18.6. The molecule has 8 heteroatoms. The summed E-state index contributed by atoms with van der Waals surface area (Å²) in [6.45, 7) is 1.43. The quantitative estimate of drug-likeness (QED) is 0.720. The topological polar surface area (TPSA) is 87.3 Å². The van der Waals surface area contributed by atoms with E-state index in [1.165, 1.54) is 42.5 Å². The van der Waals surface area contributed by atoms with Crippen LogP contribution in [0, 0.1) is 5.82 Å². The molecule has 0 aliphatic carbocycles. The SMILES string of the molecule is O=C(NCC1CCCN1)c1cccc(S(=O)(=O)Nc2ccccc2F)c1. The molecule has 0 saturated carbocycles. The van der Waals surface area contributed by atoms with Crippen molar-refractivity contribution in [2.24, 2.45) is 0 Å². The molecule has 0 aromatic heterocycles. The van der Waals surface area contributed by atoms with Crippen LogP contribution in [-0.4, -0.2) is 33.5 Å². The Kier molecular flexibility index (Phi) is 5.53. The summed E-state index contributed by atoms with van der Waals surface area (Å²) in [6.07, 6.45) is 2.08. The van der Waals surface area contributed by atoms with Gasteiger partial charge in [-0.3, -0.25) is 9.52 Å². The Morgan fingerprint density at radius 3 is 2.73 bits per heavy atom. The number of halogens is 1. The standard InChI is InChI=1S/C18H20FN3O3S/c19-16-8-1-2-9-17(16)22-26(24,25)15-7-3-5-13(11-15)18(23)21-12-14-6-4-10-20-14/h1-3,5,7-9,11,14,20,22H,4,6,10,12H2,(H,21,23). The minimum Gasteiger partial charge on any atom is -0.350 e. The van der Waals surface area contributed by atoms with Gasteiger partial charge in [-0.05, 0) is 49.7 Å². The fourth-order valence-electron chi connectivity index (χ4n) is 2.80. The second-order valence-electron chi connectivity index (χ2n) is 6.12. The van der Waals surface area contributed by atoms with Gasteiger partial charge < -0.3 is 10.6 Å². The summed E-state index contributed by atoms with van der Waals surface area (Å²) in [6, 6.07) is 11.4. The monoisotopic (exact) mass is 377 g/mol. The number of para-hydroxylation sites is 1. The summed E-state index contributed by atoms with van der Waals surface area (Å²) < 4.78 is 40.8. The first-order chi connectivity index (χ1) is 12.5. The third-order valence-corrected chi connectivity index (χ3v) is 5.56. The van der Waals surface area contributed by atoms with Crippen LogP contribution in [0.15, 0.2) is 53.4 Å². The zero-order valence-electron chi connectivity index (χ0n) is 14.0. The van der Waals surface area contributed by atoms with Gasteiger partial charge in [-0.25, -0.2) is 12.8 Å². The molecule has 2 aromatic rings. The highest BCUT2D eigenvalue weighted by Gasteiger charge is 2.19. The molecule has 1 aliphatic rings. The van der Waals surface area contributed by atoms with E-state index in [4.69, 9.17) is 0 Å². The molecule has 1 amide bonds. The van der Waals surface area contributed by atoms with Crippen molar-refractivity contribution >= 4 is 21.6 Å². The van der Waals surface area contributed by atoms with Crippen LogP contribution in [0.3, 0.4) is 0 Å². The van der Waals surface area contributed by atoms with E-state index in [1.807, 2.05) is 0 Å². The smallest absolute Gasteiger partial charge is 0.262 e. The van der Waals surface area contributed by atoms with Crippen LogP contribution in [0.1, 0.15) is 23.2 Å².